The standard InChI is InChI=1S/C16H23FO2/c1-3-5-6-13(4-2)11-19-12-16(18)14-7-9-15(17)10-8-14/h7-10,13H,3-6,11-12H2,1-2H3. The highest BCUT2D eigenvalue weighted by atomic mass is 19.1. The summed E-state index contributed by atoms with van der Waals surface area (Å²) in [5.41, 5.74) is 0.503. The smallest absolute Gasteiger partial charge is 0.188 e. The zero-order valence-corrected chi connectivity index (χ0v) is 11.8. The predicted octanol–water partition coefficient (Wildman–Crippen LogP) is 4.24. The molecule has 0 aliphatic carbocycles. The number of halogens is 1. The Hall–Kier alpha value is -1.22. The first-order valence-electron chi connectivity index (χ1n) is 7.03. The summed E-state index contributed by atoms with van der Waals surface area (Å²) in [6.07, 6.45) is 4.61. The highest BCUT2D eigenvalue weighted by molar-refractivity contribution is 5.97. The topological polar surface area (TPSA) is 26.3 Å². The largest absolute Gasteiger partial charge is 0.373 e. The number of carbonyl (C=O) groups is 1. The monoisotopic (exact) mass is 266 g/mol. The molecule has 0 aliphatic rings. The molecule has 1 atom stereocenters. The average molecular weight is 266 g/mol. The number of benzene rings is 1. The molecule has 0 heterocycles. The van der Waals surface area contributed by atoms with Gasteiger partial charge in [-0.15, -0.1) is 0 Å². The van der Waals surface area contributed by atoms with Crippen molar-refractivity contribution >= 4 is 5.78 Å². The molecule has 1 unspecified atom stereocenters. The summed E-state index contributed by atoms with van der Waals surface area (Å²) >= 11 is 0. The Kier molecular flexibility index (Phi) is 7.34. The van der Waals surface area contributed by atoms with E-state index in [1.165, 1.54) is 37.1 Å². The van der Waals surface area contributed by atoms with Crippen LogP contribution in [-0.2, 0) is 4.74 Å². The van der Waals surface area contributed by atoms with E-state index in [0.717, 1.165) is 12.8 Å². The van der Waals surface area contributed by atoms with Crippen LogP contribution in [0.1, 0.15) is 49.9 Å². The van der Waals surface area contributed by atoms with Crippen LogP contribution in [0, 0.1) is 11.7 Å². The number of ketones is 1. The molecule has 0 amide bonds. The van der Waals surface area contributed by atoms with E-state index in [0.29, 0.717) is 18.1 Å². The minimum atomic E-state index is -0.330. The van der Waals surface area contributed by atoms with E-state index in [9.17, 15) is 9.18 Å². The third-order valence-corrected chi connectivity index (χ3v) is 3.30. The second kappa shape index (κ2) is 8.81. The Morgan fingerprint density at radius 2 is 1.95 bits per heavy atom. The van der Waals surface area contributed by atoms with Crippen molar-refractivity contribution in [2.24, 2.45) is 5.92 Å². The Balaban J connectivity index is 2.31. The van der Waals surface area contributed by atoms with Gasteiger partial charge in [0.25, 0.3) is 0 Å². The minimum absolute atomic E-state index is 0.0776. The van der Waals surface area contributed by atoms with E-state index in [2.05, 4.69) is 13.8 Å². The number of carbonyl (C=O) groups excluding carboxylic acids is 1. The van der Waals surface area contributed by atoms with Gasteiger partial charge in [-0.1, -0.05) is 33.1 Å². The molecule has 1 rings (SSSR count). The summed E-state index contributed by atoms with van der Waals surface area (Å²) in [6.45, 7) is 5.02. The lowest BCUT2D eigenvalue weighted by atomic mass is 10.0. The van der Waals surface area contributed by atoms with Crippen LogP contribution in [0.3, 0.4) is 0 Å². The maximum absolute atomic E-state index is 12.7. The van der Waals surface area contributed by atoms with Gasteiger partial charge in [-0.25, -0.2) is 4.39 Å². The molecule has 0 aliphatic heterocycles. The SMILES string of the molecule is CCCCC(CC)COCC(=O)c1ccc(F)cc1. The fourth-order valence-electron chi connectivity index (χ4n) is 1.94. The van der Waals surface area contributed by atoms with Gasteiger partial charge in [0.2, 0.25) is 0 Å². The van der Waals surface area contributed by atoms with E-state index in [4.69, 9.17) is 4.74 Å². The first-order chi connectivity index (χ1) is 9.17. The Morgan fingerprint density at radius 3 is 2.53 bits per heavy atom. The first-order valence-corrected chi connectivity index (χ1v) is 7.03. The molecule has 0 N–H and O–H groups in total. The lowest BCUT2D eigenvalue weighted by molar-refractivity contribution is 0.0658. The summed E-state index contributed by atoms with van der Waals surface area (Å²) in [5.74, 6) is 0.106. The van der Waals surface area contributed by atoms with E-state index in [1.807, 2.05) is 0 Å². The average Bonchev–Trinajstić information content (AvgIpc) is 2.43. The molecule has 0 bridgehead atoms. The van der Waals surface area contributed by atoms with Gasteiger partial charge in [0.1, 0.15) is 12.4 Å². The molecule has 0 radical (unpaired) electrons. The number of rotatable bonds is 9. The van der Waals surface area contributed by atoms with Crippen LogP contribution >= 0.6 is 0 Å². The number of unbranched alkanes of at least 4 members (excludes halogenated alkanes) is 1. The van der Waals surface area contributed by atoms with Crippen LogP contribution < -0.4 is 0 Å². The van der Waals surface area contributed by atoms with Crippen LogP contribution in [0.2, 0.25) is 0 Å². The summed E-state index contributed by atoms with van der Waals surface area (Å²) in [6, 6.07) is 5.58. The normalized spacial score (nSPS) is 12.4. The van der Waals surface area contributed by atoms with E-state index in [1.54, 1.807) is 0 Å². The first kappa shape index (κ1) is 15.8. The summed E-state index contributed by atoms with van der Waals surface area (Å²) < 4.78 is 18.2. The summed E-state index contributed by atoms with van der Waals surface area (Å²) in [5, 5.41) is 0. The molecule has 3 heteroatoms. The lowest BCUT2D eigenvalue weighted by Gasteiger charge is -2.14. The zero-order chi connectivity index (χ0) is 14.1. The van der Waals surface area contributed by atoms with Gasteiger partial charge in [0.15, 0.2) is 5.78 Å². The van der Waals surface area contributed by atoms with Crippen molar-refractivity contribution in [2.45, 2.75) is 39.5 Å². The maximum atomic E-state index is 12.7. The fourth-order valence-corrected chi connectivity index (χ4v) is 1.94. The maximum Gasteiger partial charge on any atom is 0.188 e. The van der Waals surface area contributed by atoms with E-state index < -0.39 is 0 Å². The quantitative estimate of drug-likeness (QED) is 0.625. The van der Waals surface area contributed by atoms with Gasteiger partial charge in [0, 0.05) is 12.2 Å². The molecule has 0 fully saturated rings. The second-order valence-corrected chi connectivity index (χ2v) is 4.86. The Labute approximate surface area is 115 Å². The van der Waals surface area contributed by atoms with Gasteiger partial charge in [-0.05, 0) is 36.6 Å². The summed E-state index contributed by atoms with van der Waals surface area (Å²) in [7, 11) is 0. The Bertz CT molecular complexity index is 373. The van der Waals surface area contributed by atoms with Gasteiger partial charge >= 0.3 is 0 Å². The Morgan fingerprint density at radius 1 is 1.26 bits per heavy atom. The highest BCUT2D eigenvalue weighted by Crippen LogP contribution is 2.13. The molecule has 2 nitrogen and oxygen atoms in total. The van der Waals surface area contributed by atoms with Crippen molar-refractivity contribution in [3.63, 3.8) is 0 Å². The molecule has 0 aromatic heterocycles. The van der Waals surface area contributed by atoms with Crippen molar-refractivity contribution in [3.8, 4) is 0 Å². The van der Waals surface area contributed by atoms with Gasteiger partial charge in [0.05, 0.1) is 0 Å². The third kappa shape index (κ3) is 5.97. The van der Waals surface area contributed by atoms with Crippen LogP contribution in [0.4, 0.5) is 4.39 Å². The van der Waals surface area contributed by atoms with Gasteiger partial charge in [-0.2, -0.15) is 0 Å². The number of hydrogen-bond acceptors (Lipinski definition) is 2. The van der Waals surface area contributed by atoms with Gasteiger partial charge < -0.3 is 4.74 Å². The van der Waals surface area contributed by atoms with Crippen LogP contribution in [0.25, 0.3) is 0 Å². The molecule has 0 spiro atoms. The van der Waals surface area contributed by atoms with Crippen molar-refractivity contribution in [3.05, 3.63) is 35.6 Å². The number of Topliss-reactive ketones (excluding diaryl/α,β-unsaturated/α-hetero) is 1. The summed E-state index contributed by atoms with van der Waals surface area (Å²) in [4.78, 5) is 11.8. The minimum Gasteiger partial charge on any atom is -0.373 e. The number of ether oxygens (including phenoxy) is 1. The molecule has 19 heavy (non-hydrogen) atoms. The van der Waals surface area contributed by atoms with Crippen molar-refractivity contribution < 1.29 is 13.9 Å². The molecule has 0 saturated carbocycles. The van der Waals surface area contributed by atoms with E-state index in [-0.39, 0.29) is 18.2 Å². The molecule has 106 valence electrons. The van der Waals surface area contributed by atoms with Crippen molar-refractivity contribution in [2.75, 3.05) is 13.2 Å². The third-order valence-electron chi connectivity index (χ3n) is 3.30. The molecular formula is C16H23FO2. The van der Waals surface area contributed by atoms with Crippen LogP contribution in [0.5, 0.6) is 0 Å². The van der Waals surface area contributed by atoms with Crippen molar-refractivity contribution in [1.29, 1.82) is 0 Å². The molecular weight excluding hydrogens is 243 g/mol. The fraction of sp³-hybridized carbons (Fsp3) is 0.562. The van der Waals surface area contributed by atoms with Crippen LogP contribution in [-0.4, -0.2) is 19.0 Å². The molecule has 0 saturated heterocycles. The van der Waals surface area contributed by atoms with Crippen LogP contribution in [0.15, 0.2) is 24.3 Å². The highest BCUT2D eigenvalue weighted by Gasteiger charge is 2.09. The number of hydrogen-bond donors (Lipinski definition) is 0. The lowest BCUT2D eigenvalue weighted by Crippen LogP contribution is -2.15. The molecule has 1 aromatic rings. The zero-order valence-electron chi connectivity index (χ0n) is 11.8. The predicted molar refractivity (Wildman–Crippen MR) is 74.9 cm³/mol. The second-order valence-electron chi connectivity index (χ2n) is 4.86. The van der Waals surface area contributed by atoms with E-state index >= 15 is 0 Å². The van der Waals surface area contributed by atoms with Gasteiger partial charge in [-0.3, -0.25) is 4.79 Å². The van der Waals surface area contributed by atoms with Crippen molar-refractivity contribution in [1.82, 2.24) is 0 Å². The molecule has 1 aromatic carbocycles.